The van der Waals surface area contributed by atoms with E-state index in [0.29, 0.717) is 34.1 Å². The Hall–Kier alpha value is -3.66. The summed E-state index contributed by atoms with van der Waals surface area (Å²) in [5.74, 6) is 0.956. The molecule has 2 aliphatic rings. The molecule has 2 atom stereocenters. The molecule has 0 fully saturated rings. The number of primary amides is 1. The highest BCUT2D eigenvalue weighted by molar-refractivity contribution is 5.96. The fourth-order valence-corrected chi connectivity index (χ4v) is 6.09. The summed E-state index contributed by atoms with van der Waals surface area (Å²) in [6, 6.07) is 10.1. The van der Waals surface area contributed by atoms with Crippen molar-refractivity contribution in [1.29, 1.82) is 5.26 Å². The smallest absolute Gasteiger partial charge is 0.265 e. The lowest BCUT2D eigenvalue weighted by molar-refractivity contribution is 0.0996. The molecular formula is C32H40N6O. The van der Waals surface area contributed by atoms with Gasteiger partial charge >= 0.3 is 0 Å². The number of nitrogens with zero attached hydrogens (tertiary/aromatic N) is 3. The number of fused-ring (bicyclic) bond motifs is 4. The van der Waals surface area contributed by atoms with Crippen molar-refractivity contribution in [2.45, 2.75) is 80.1 Å². The lowest BCUT2D eigenvalue weighted by atomic mass is 9.71. The second-order valence-electron chi connectivity index (χ2n) is 13.5. The summed E-state index contributed by atoms with van der Waals surface area (Å²) < 4.78 is 0. The van der Waals surface area contributed by atoms with Gasteiger partial charge in [-0.05, 0) is 90.5 Å². The third-order valence-corrected chi connectivity index (χ3v) is 8.77. The van der Waals surface area contributed by atoms with Crippen LogP contribution in [0.2, 0.25) is 0 Å². The number of pyridine rings is 2. The predicted octanol–water partition coefficient (Wildman–Crippen LogP) is 6.40. The Balaban J connectivity index is 0.000000158. The normalized spacial score (nSPS) is 19.1. The van der Waals surface area contributed by atoms with E-state index in [1.807, 2.05) is 6.07 Å². The third-order valence-electron chi connectivity index (χ3n) is 8.77. The minimum absolute atomic E-state index is 0.320. The van der Waals surface area contributed by atoms with Gasteiger partial charge in [0, 0.05) is 17.5 Å². The Morgan fingerprint density at radius 3 is 1.79 bits per heavy atom. The minimum Gasteiger partial charge on any atom is -0.364 e. The molecule has 39 heavy (non-hydrogen) atoms. The van der Waals surface area contributed by atoms with E-state index >= 15 is 0 Å². The molecule has 0 saturated heterocycles. The Morgan fingerprint density at radius 2 is 1.33 bits per heavy atom. The van der Waals surface area contributed by atoms with E-state index in [4.69, 9.17) is 21.0 Å². The quantitative estimate of drug-likeness (QED) is 0.266. The molecule has 0 spiro atoms. The monoisotopic (exact) mass is 524 g/mol. The van der Waals surface area contributed by atoms with E-state index in [2.05, 4.69) is 69.7 Å². The van der Waals surface area contributed by atoms with E-state index in [1.54, 1.807) is 6.07 Å². The van der Waals surface area contributed by atoms with E-state index in [-0.39, 0.29) is 0 Å². The Labute approximate surface area is 230 Å². The summed E-state index contributed by atoms with van der Waals surface area (Å²) in [6.07, 6.45) is 6.63. The zero-order chi connectivity index (χ0) is 28.1. The van der Waals surface area contributed by atoms with Gasteiger partial charge in [0.05, 0.1) is 22.1 Å². The van der Waals surface area contributed by atoms with Gasteiger partial charge in [-0.15, -0.1) is 0 Å². The number of aromatic amines is 2. The third kappa shape index (κ3) is 5.56. The van der Waals surface area contributed by atoms with Crippen LogP contribution in [0.3, 0.4) is 0 Å². The average Bonchev–Trinajstić information content (AvgIpc) is 3.47. The molecule has 2 aliphatic carbocycles. The maximum Gasteiger partial charge on any atom is 0.265 e. The molecule has 6 rings (SSSR count). The molecule has 0 saturated carbocycles. The van der Waals surface area contributed by atoms with Gasteiger partial charge in [-0.25, -0.2) is 0 Å². The summed E-state index contributed by atoms with van der Waals surface area (Å²) in [5.41, 5.74) is 15.7. The summed E-state index contributed by atoms with van der Waals surface area (Å²) >= 11 is 0. The first-order chi connectivity index (χ1) is 18.3. The van der Waals surface area contributed by atoms with Crippen molar-refractivity contribution in [2.24, 2.45) is 28.4 Å². The second-order valence-corrected chi connectivity index (χ2v) is 13.5. The maximum atomic E-state index is 11.2. The number of carbonyl (C=O) groups excluding carboxylic acids is 1. The second kappa shape index (κ2) is 9.82. The van der Waals surface area contributed by atoms with Crippen LogP contribution < -0.4 is 5.73 Å². The summed E-state index contributed by atoms with van der Waals surface area (Å²) in [7, 11) is 0. The molecule has 7 nitrogen and oxygen atoms in total. The maximum absolute atomic E-state index is 11.2. The van der Waals surface area contributed by atoms with Gasteiger partial charge in [-0.2, -0.15) is 5.26 Å². The summed E-state index contributed by atoms with van der Waals surface area (Å²) in [4.78, 5) is 26.8. The first-order valence-corrected chi connectivity index (χ1v) is 14.0. The van der Waals surface area contributed by atoms with Crippen LogP contribution in [0.1, 0.15) is 93.1 Å². The minimum atomic E-state index is -0.437. The van der Waals surface area contributed by atoms with E-state index in [1.165, 1.54) is 35.4 Å². The molecule has 0 aliphatic heterocycles. The van der Waals surface area contributed by atoms with Crippen LogP contribution in [0.25, 0.3) is 22.1 Å². The molecule has 1 amide bonds. The highest BCUT2D eigenvalue weighted by Crippen LogP contribution is 2.38. The Morgan fingerprint density at radius 1 is 0.846 bits per heavy atom. The van der Waals surface area contributed by atoms with Crippen molar-refractivity contribution in [1.82, 2.24) is 19.9 Å². The van der Waals surface area contributed by atoms with Crippen molar-refractivity contribution in [3.8, 4) is 6.07 Å². The number of nitrogens with two attached hydrogens (primary N) is 1. The van der Waals surface area contributed by atoms with Crippen LogP contribution in [0.4, 0.5) is 0 Å². The molecule has 0 aromatic carbocycles. The molecule has 4 heterocycles. The number of carbonyl (C=O) groups is 1. The van der Waals surface area contributed by atoms with E-state index in [0.717, 1.165) is 47.8 Å². The fraction of sp³-hybridized carbons (Fsp3) is 0.500. The van der Waals surface area contributed by atoms with Gasteiger partial charge in [-0.3, -0.25) is 14.8 Å². The van der Waals surface area contributed by atoms with Crippen molar-refractivity contribution in [3.63, 3.8) is 0 Å². The average molecular weight is 525 g/mol. The van der Waals surface area contributed by atoms with Crippen molar-refractivity contribution in [3.05, 3.63) is 58.2 Å². The Bertz CT molecular complexity index is 1590. The first-order valence-electron chi connectivity index (χ1n) is 14.0. The number of amides is 1. The summed E-state index contributed by atoms with van der Waals surface area (Å²) in [5, 5.41) is 8.94. The molecule has 4 N–H and O–H groups in total. The number of rotatable bonds is 1. The van der Waals surface area contributed by atoms with Crippen molar-refractivity contribution < 1.29 is 4.79 Å². The Kier molecular flexibility index (Phi) is 6.78. The van der Waals surface area contributed by atoms with Gasteiger partial charge in [0.1, 0.15) is 17.5 Å². The van der Waals surface area contributed by atoms with Gasteiger partial charge < -0.3 is 15.7 Å². The number of nitrogens with one attached hydrogen (secondary N) is 2. The number of aromatic nitrogens is 4. The van der Waals surface area contributed by atoms with Gasteiger partial charge in [-0.1, -0.05) is 41.5 Å². The molecule has 204 valence electrons. The molecule has 2 unspecified atom stereocenters. The molecule has 4 aromatic heterocycles. The SMILES string of the molecule is CC(C)(C)C1CCc2nc3cc(C#N)[nH]c3cc2C1.CC(C)(C)C1CCc2nc3cc(C(N)=O)[nH]c3cc2C1. The molecule has 0 bridgehead atoms. The molecule has 4 aromatic rings. The topological polar surface area (TPSA) is 124 Å². The van der Waals surface area contributed by atoms with Gasteiger partial charge in [0.25, 0.3) is 5.91 Å². The van der Waals surface area contributed by atoms with E-state index in [9.17, 15) is 4.79 Å². The zero-order valence-electron chi connectivity index (χ0n) is 24.0. The van der Waals surface area contributed by atoms with Gasteiger partial charge in [0.2, 0.25) is 0 Å². The van der Waals surface area contributed by atoms with Crippen molar-refractivity contribution >= 4 is 28.0 Å². The number of nitriles is 1. The molecule has 7 heteroatoms. The highest BCUT2D eigenvalue weighted by Gasteiger charge is 2.30. The van der Waals surface area contributed by atoms with Crippen LogP contribution in [-0.4, -0.2) is 25.8 Å². The summed E-state index contributed by atoms with van der Waals surface area (Å²) in [6.45, 7) is 13.8. The number of H-pyrrole nitrogens is 2. The standard InChI is InChI=1S/C16H21N3O.C16H19N3/c1-16(2,3)10-4-5-11-9(6-10)7-12-13(18-11)8-14(19-12)15(17)20;1-16(2,3)11-4-5-13-10(6-11)7-14-15(19-13)8-12(9-17)18-14/h7-8,10,19H,4-6H2,1-3H3,(H2,17,20);7-8,11,18H,4-6H2,1-3H3. The van der Waals surface area contributed by atoms with Crippen LogP contribution >= 0.6 is 0 Å². The fourth-order valence-electron chi connectivity index (χ4n) is 6.09. The number of aryl methyl sites for hydroxylation is 2. The first kappa shape index (κ1) is 26.9. The number of hydrogen-bond donors (Lipinski definition) is 3. The van der Waals surface area contributed by atoms with Gasteiger partial charge in [0.15, 0.2) is 0 Å². The zero-order valence-corrected chi connectivity index (χ0v) is 24.0. The predicted molar refractivity (Wildman–Crippen MR) is 155 cm³/mol. The van der Waals surface area contributed by atoms with Crippen molar-refractivity contribution in [2.75, 3.05) is 0 Å². The van der Waals surface area contributed by atoms with Crippen LogP contribution in [0.5, 0.6) is 0 Å². The lowest BCUT2D eigenvalue weighted by Crippen LogP contribution is -2.27. The van der Waals surface area contributed by atoms with Crippen LogP contribution in [-0.2, 0) is 25.7 Å². The molecular weight excluding hydrogens is 484 g/mol. The lowest BCUT2D eigenvalue weighted by Gasteiger charge is -2.34. The molecule has 0 radical (unpaired) electrons. The van der Waals surface area contributed by atoms with Crippen LogP contribution in [0, 0.1) is 34.0 Å². The largest absolute Gasteiger partial charge is 0.364 e. The van der Waals surface area contributed by atoms with E-state index < -0.39 is 5.91 Å². The number of hydrogen-bond acceptors (Lipinski definition) is 4. The van der Waals surface area contributed by atoms with Crippen LogP contribution in [0.15, 0.2) is 24.3 Å². The highest BCUT2D eigenvalue weighted by atomic mass is 16.1.